The van der Waals surface area contributed by atoms with Gasteiger partial charge in [-0.1, -0.05) is 25.4 Å². The molecule has 0 aromatic heterocycles. The highest BCUT2D eigenvalue weighted by atomic mass is 35.5. The van der Waals surface area contributed by atoms with Gasteiger partial charge >= 0.3 is 0 Å². The molecule has 1 nitrogen and oxygen atoms in total. The topological polar surface area (TPSA) is 9.23 Å². The molecule has 17 heavy (non-hydrogen) atoms. The van der Waals surface area contributed by atoms with Crippen LogP contribution in [0.2, 0.25) is 5.02 Å². The van der Waals surface area contributed by atoms with E-state index in [1.54, 1.807) is 0 Å². The predicted molar refractivity (Wildman–Crippen MR) is 75.7 cm³/mol. The summed E-state index contributed by atoms with van der Waals surface area (Å²) in [7, 11) is 0. The van der Waals surface area contributed by atoms with Crippen LogP contribution in [-0.4, -0.2) is 12.5 Å². The Bertz CT molecular complexity index is 361. The molecule has 0 bridgehead atoms. The van der Waals surface area contributed by atoms with Crippen LogP contribution in [-0.2, 0) is 0 Å². The number of hydrogen-bond donors (Lipinski definition) is 0. The predicted octanol–water partition coefficient (Wildman–Crippen LogP) is 5.17. The summed E-state index contributed by atoms with van der Waals surface area (Å²) >= 11 is 11.8. The molecule has 96 valence electrons. The molecule has 0 spiro atoms. The van der Waals surface area contributed by atoms with Gasteiger partial charge in [0, 0.05) is 10.9 Å². The summed E-state index contributed by atoms with van der Waals surface area (Å²) in [5, 5.41) is 0.825. The number of rotatable bonds is 6. The second kappa shape index (κ2) is 7.13. The zero-order valence-corrected chi connectivity index (χ0v) is 12.2. The molecule has 0 atom stereocenters. The minimum Gasteiger partial charge on any atom is -0.493 e. The standard InChI is InChI=1S/C14H20Cl2O/c1-10(2)12-9-14(11(3)8-13(12)16)17-7-5-4-6-15/h8-10H,4-7H2,1-3H3. The highest BCUT2D eigenvalue weighted by Crippen LogP contribution is 2.31. The number of unbranched alkanes of at least 4 members (excludes halogenated alkanes) is 1. The number of hydrogen-bond acceptors (Lipinski definition) is 1. The maximum absolute atomic E-state index is 6.21. The maximum atomic E-state index is 6.21. The first-order chi connectivity index (χ1) is 8.06. The molecule has 1 aromatic rings. The van der Waals surface area contributed by atoms with Crippen LogP contribution in [0.25, 0.3) is 0 Å². The molecule has 0 saturated carbocycles. The maximum Gasteiger partial charge on any atom is 0.122 e. The van der Waals surface area contributed by atoms with Crippen molar-refractivity contribution in [2.24, 2.45) is 0 Å². The molecule has 0 unspecified atom stereocenters. The normalized spacial score (nSPS) is 10.9. The van der Waals surface area contributed by atoms with Crippen LogP contribution < -0.4 is 4.74 Å². The van der Waals surface area contributed by atoms with Crippen molar-refractivity contribution in [3.05, 3.63) is 28.3 Å². The quantitative estimate of drug-likeness (QED) is 0.514. The van der Waals surface area contributed by atoms with Crippen LogP contribution in [0.3, 0.4) is 0 Å². The molecule has 0 saturated heterocycles. The Kier molecular flexibility index (Phi) is 6.15. The molecule has 0 amide bonds. The Balaban J connectivity index is 2.74. The Hall–Kier alpha value is -0.400. The number of benzene rings is 1. The fourth-order valence-corrected chi connectivity index (χ4v) is 2.27. The Morgan fingerprint density at radius 3 is 2.53 bits per heavy atom. The third kappa shape index (κ3) is 4.40. The SMILES string of the molecule is Cc1cc(Cl)c(C(C)C)cc1OCCCCCl. The lowest BCUT2D eigenvalue weighted by Gasteiger charge is -2.14. The molecule has 0 N–H and O–H groups in total. The molecule has 3 heteroatoms. The third-order valence-corrected chi connectivity index (χ3v) is 3.30. The molecule has 0 aliphatic heterocycles. The van der Waals surface area contributed by atoms with Gasteiger partial charge in [0.1, 0.15) is 5.75 Å². The number of alkyl halides is 1. The monoisotopic (exact) mass is 274 g/mol. The van der Waals surface area contributed by atoms with Crippen molar-refractivity contribution >= 4 is 23.2 Å². The number of ether oxygens (including phenoxy) is 1. The molecule has 0 aliphatic carbocycles. The first-order valence-electron chi connectivity index (χ1n) is 6.05. The first kappa shape index (κ1) is 14.7. The molecule has 1 rings (SSSR count). The van der Waals surface area contributed by atoms with E-state index < -0.39 is 0 Å². The van der Waals surface area contributed by atoms with Gasteiger partial charge in [0.15, 0.2) is 0 Å². The van der Waals surface area contributed by atoms with E-state index in [0.29, 0.717) is 18.4 Å². The van der Waals surface area contributed by atoms with Crippen LogP contribution in [0.4, 0.5) is 0 Å². The highest BCUT2D eigenvalue weighted by molar-refractivity contribution is 6.31. The highest BCUT2D eigenvalue weighted by Gasteiger charge is 2.09. The fourth-order valence-electron chi connectivity index (χ4n) is 1.65. The van der Waals surface area contributed by atoms with Crippen molar-refractivity contribution in [2.45, 2.75) is 39.5 Å². The van der Waals surface area contributed by atoms with E-state index in [-0.39, 0.29) is 0 Å². The van der Waals surface area contributed by atoms with Crippen molar-refractivity contribution in [2.75, 3.05) is 12.5 Å². The molecule has 0 fully saturated rings. The Morgan fingerprint density at radius 1 is 1.24 bits per heavy atom. The van der Waals surface area contributed by atoms with E-state index in [0.717, 1.165) is 34.7 Å². The van der Waals surface area contributed by atoms with Gasteiger partial charge in [-0.25, -0.2) is 0 Å². The van der Waals surface area contributed by atoms with Crippen LogP contribution in [0, 0.1) is 6.92 Å². The van der Waals surface area contributed by atoms with E-state index >= 15 is 0 Å². The van der Waals surface area contributed by atoms with Gasteiger partial charge in [0.25, 0.3) is 0 Å². The smallest absolute Gasteiger partial charge is 0.122 e. The van der Waals surface area contributed by atoms with E-state index in [4.69, 9.17) is 27.9 Å². The minimum absolute atomic E-state index is 0.410. The Labute approximate surface area is 114 Å². The summed E-state index contributed by atoms with van der Waals surface area (Å²) in [4.78, 5) is 0. The second-order valence-corrected chi connectivity index (χ2v) is 5.32. The van der Waals surface area contributed by atoms with Gasteiger partial charge in [0.05, 0.1) is 6.61 Å². The van der Waals surface area contributed by atoms with Gasteiger partial charge < -0.3 is 4.74 Å². The van der Waals surface area contributed by atoms with Gasteiger partial charge in [0.2, 0.25) is 0 Å². The van der Waals surface area contributed by atoms with Crippen molar-refractivity contribution < 1.29 is 4.74 Å². The van der Waals surface area contributed by atoms with E-state index in [9.17, 15) is 0 Å². The van der Waals surface area contributed by atoms with Gasteiger partial charge in [-0.3, -0.25) is 0 Å². The summed E-state index contributed by atoms with van der Waals surface area (Å²) in [6.07, 6.45) is 1.98. The van der Waals surface area contributed by atoms with Crippen molar-refractivity contribution in [3.8, 4) is 5.75 Å². The molecular weight excluding hydrogens is 255 g/mol. The van der Waals surface area contributed by atoms with Crippen molar-refractivity contribution in [1.29, 1.82) is 0 Å². The number of aryl methyl sites for hydroxylation is 1. The molecule has 0 aliphatic rings. The van der Waals surface area contributed by atoms with Crippen molar-refractivity contribution in [1.82, 2.24) is 0 Å². The lowest BCUT2D eigenvalue weighted by molar-refractivity contribution is 0.307. The average Bonchev–Trinajstić information content (AvgIpc) is 2.26. The summed E-state index contributed by atoms with van der Waals surface area (Å²) in [5.74, 6) is 2.04. The molecule has 0 heterocycles. The summed E-state index contributed by atoms with van der Waals surface area (Å²) < 4.78 is 5.77. The van der Waals surface area contributed by atoms with Gasteiger partial charge in [-0.15, -0.1) is 11.6 Å². The number of halogens is 2. The first-order valence-corrected chi connectivity index (χ1v) is 6.96. The van der Waals surface area contributed by atoms with Crippen molar-refractivity contribution in [3.63, 3.8) is 0 Å². The summed E-state index contributed by atoms with van der Waals surface area (Å²) in [6, 6.07) is 4.04. The van der Waals surface area contributed by atoms with Crippen LogP contribution >= 0.6 is 23.2 Å². The molecular formula is C14H20Cl2O. The zero-order valence-electron chi connectivity index (χ0n) is 10.7. The van der Waals surface area contributed by atoms with Crippen LogP contribution in [0.15, 0.2) is 12.1 Å². The van der Waals surface area contributed by atoms with E-state index in [1.807, 2.05) is 13.0 Å². The van der Waals surface area contributed by atoms with E-state index in [2.05, 4.69) is 19.9 Å². The van der Waals surface area contributed by atoms with Crippen LogP contribution in [0.1, 0.15) is 43.7 Å². The lowest BCUT2D eigenvalue weighted by Crippen LogP contribution is -2.01. The second-order valence-electron chi connectivity index (χ2n) is 4.54. The zero-order chi connectivity index (χ0) is 12.8. The molecule has 1 aromatic carbocycles. The average molecular weight is 275 g/mol. The summed E-state index contributed by atoms with van der Waals surface area (Å²) in [5.41, 5.74) is 2.23. The van der Waals surface area contributed by atoms with Gasteiger partial charge in [-0.05, 0) is 48.9 Å². The van der Waals surface area contributed by atoms with Crippen LogP contribution in [0.5, 0.6) is 5.75 Å². The minimum atomic E-state index is 0.410. The fraction of sp³-hybridized carbons (Fsp3) is 0.571. The summed E-state index contributed by atoms with van der Waals surface area (Å²) in [6.45, 7) is 7.00. The lowest BCUT2D eigenvalue weighted by atomic mass is 10.0. The largest absolute Gasteiger partial charge is 0.493 e. The van der Waals surface area contributed by atoms with E-state index in [1.165, 1.54) is 0 Å². The molecule has 0 radical (unpaired) electrons. The Morgan fingerprint density at radius 2 is 1.94 bits per heavy atom. The van der Waals surface area contributed by atoms with Gasteiger partial charge in [-0.2, -0.15) is 0 Å². The third-order valence-electron chi connectivity index (χ3n) is 2.70.